The van der Waals surface area contributed by atoms with Crippen LogP contribution in [0.25, 0.3) is 0 Å². The molecule has 4 rings (SSSR count). The van der Waals surface area contributed by atoms with E-state index >= 15 is 0 Å². The van der Waals surface area contributed by atoms with Gasteiger partial charge in [0.2, 0.25) is 0 Å². The van der Waals surface area contributed by atoms with Gasteiger partial charge in [0.1, 0.15) is 0 Å². The maximum atomic E-state index is 12.8. The molecule has 27 heavy (non-hydrogen) atoms. The average Bonchev–Trinajstić information content (AvgIpc) is 3.35. The van der Waals surface area contributed by atoms with Crippen molar-refractivity contribution >= 4 is 5.78 Å². The molecule has 0 aromatic heterocycles. The Hall–Kier alpha value is -1.59. The van der Waals surface area contributed by atoms with Crippen LogP contribution in [-0.4, -0.2) is 52.7 Å². The second-order valence-corrected chi connectivity index (χ2v) is 8.97. The van der Waals surface area contributed by atoms with E-state index in [-0.39, 0.29) is 11.5 Å². The van der Waals surface area contributed by atoms with Crippen LogP contribution in [0.1, 0.15) is 57.1 Å². The zero-order chi connectivity index (χ0) is 19.4. The maximum absolute atomic E-state index is 12.8. The maximum Gasteiger partial charge on any atom is 0.174 e. The molecule has 0 spiro atoms. The van der Waals surface area contributed by atoms with Crippen LogP contribution in [0, 0.1) is 5.92 Å². The molecule has 1 aliphatic heterocycles. The fourth-order valence-electron chi connectivity index (χ4n) is 5.20. The minimum absolute atomic E-state index is 0.0315. The summed E-state index contributed by atoms with van der Waals surface area (Å²) in [4.78, 5) is 15.2. The summed E-state index contributed by atoms with van der Waals surface area (Å²) >= 11 is 0. The van der Waals surface area contributed by atoms with Crippen LogP contribution in [-0.2, 0) is 16.6 Å². The SMILES string of the molecule is CCc1ccc(O)c2c1C1(CCN(C)CC3CC3)C(O2)C(=O)CCC1(C)O. The first kappa shape index (κ1) is 18.8. The molecule has 0 radical (unpaired) electrons. The molecule has 2 fully saturated rings. The molecule has 0 bridgehead atoms. The lowest BCUT2D eigenvalue weighted by atomic mass is 9.57. The highest BCUT2D eigenvalue weighted by molar-refractivity contribution is 5.89. The molecule has 1 aromatic carbocycles. The van der Waals surface area contributed by atoms with Crippen molar-refractivity contribution in [3.63, 3.8) is 0 Å². The van der Waals surface area contributed by atoms with Crippen molar-refractivity contribution in [1.82, 2.24) is 4.90 Å². The van der Waals surface area contributed by atoms with Crippen molar-refractivity contribution in [3.8, 4) is 11.5 Å². The van der Waals surface area contributed by atoms with Crippen molar-refractivity contribution < 1.29 is 19.7 Å². The third-order valence-electron chi connectivity index (χ3n) is 7.00. The molecule has 148 valence electrons. The minimum atomic E-state index is -1.06. The molecule has 3 unspecified atom stereocenters. The van der Waals surface area contributed by atoms with E-state index in [0.29, 0.717) is 25.0 Å². The van der Waals surface area contributed by atoms with Crippen molar-refractivity contribution in [2.24, 2.45) is 5.92 Å². The van der Waals surface area contributed by atoms with E-state index < -0.39 is 17.1 Å². The predicted molar refractivity (Wildman–Crippen MR) is 103 cm³/mol. The van der Waals surface area contributed by atoms with Crippen molar-refractivity contribution in [1.29, 1.82) is 0 Å². The molecule has 3 atom stereocenters. The van der Waals surface area contributed by atoms with Crippen LogP contribution < -0.4 is 4.74 Å². The fourth-order valence-corrected chi connectivity index (χ4v) is 5.20. The van der Waals surface area contributed by atoms with E-state index in [1.54, 1.807) is 6.07 Å². The van der Waals surface area contributed by atoms with E-state index in [1.165, 1.54) is 12.8 Å². The van der Waals surface area contributed by atoms with E-state index in [2.05, 4.69) is 18.9 Å². The van der Waals surface area contributed by atoms with E-state index in [9.17, 15) is 15.0 Å². The zero-order valence-electron chi connectivity index (χ0n) is 16.6. The monoisotopic (exact) mass is 373 g/mol. The van der Waals surface area contributed by atoms with Gasteiger partial charge < -0.3 is 19.8 Å². The summed E-state index contributed by atoms with van der Waals surface area (Å²) in [7, 11) is 2.11. The van der Waals surface area contributed by atoms with Crippen LogP contribution >= 0.6 is 0 Å². The van der Waals surface area contributed by atoms with Gasteiger partial charge in [0, 0.05) is 18.5 Å². The summed E-state index contributed by atoms with van der Waals surface area (Å²) in [6, 6.07) is 3.55. The van der Waals surface area contributed by atoms with Crippen molar-refractivity contribution in [2.45, 2.75) is 69.5 Å². The molecule has 0 saturated heterocycles. The van der Waals surface area contributed by atoms with Crippen molar-refractivity contribution in [3.05, 3.63) is 23.3 Å². The lowest BCUT2D eigenvalue weighted by Gasteiger charge is -2.49. The summed E-state index contributed by atoms with van der Waals surface area (Å²) in [5, 5.41) is 22.0. The number of rotatable bonds is 6. The molecule has 3 aliphatic rings. The van der Waals surface area contributed by atoms with Gasteiger partial charge in [0.25, 0.3) is 0 Å². The second kappa shape index (κ2) is 6.49. The van der Waals surface area contributed by atoms with Gasteiger partial charge in [-0.1, -0.05) is 13.0 Å². The second-order valence-electron chi connectivity index (χ2n) is 8.97. The first-order chi connectivity index (χ1) is 12.8. The number of carbonyl (C=O) groups is 1. The van der Waals surface area contributed by atoms with Gasteiger partial charge in [-0.2, -0.15) is 0 Å². The van der Waals surface area contributed by atoms with Crippen LogP contribution in [0.2, 0.25) is 0 Å². The Bertz CT molecular complexity index is 755. The number of phenolic OH excluding ortho intramolecular Hbond substituents is 1. The summed E-state index contributed by atoms with van der Waals surface area (Å²) in [5.74, 6) is 1.29. The Balaban J connectivity index is 1.79. The van der Waals surface area contributed by atoms with Gasteiger partial charge >= 0.3 is 0 Å². The molecule has 5 nitrogen and oxygen atoms in total. The number of benzene rings is 1. The van der Waals surface area contributed by atoms with Crippen LogP contribution in [0.4, 0.5) is 0 Å². The highest BCUT2D eigenvalue weighted by Gasteiger charge is 2.64. The van der Waals surface area contributed by atoms with Crippen LogP contribution in [0.5, 0.6) is 11.5 Å². The molecule has 1 aromatic rings. The number of aryl methyl sites for hydroxylation is 1. The highest BCUT2D eigenvalue weighted by Crippen LogP contribution is 2.59. The average molecular weight is 373 g/mol. The Kier molecular flexibility index (Phi) is 4.51. The lowest BCUT2D eigenvalue weighted by Crippen LogP contribution is -2.62. The van der Waals surface area contributed by atoms with Gasteiger partial charge in [-0.05, 0) is 70.2 Å². The summed E-state index contributed by atoms with van der Waals surface area (Å²) in [6.45, 7) is 5.75. The summed E-state index contributed by atoms with van der Waals surface area (Å²) < 4.78 is 6.08. The lowest BCUT2D eigenvalue weighted by molar-refractivity contribution is -0.148. The molecule has 2 saturated carbocycles. The third kappa shape index (κ3) is 2.87. The standard InChI is InChI=1S/C22H31NO4/c1-4-15-7-8-16(24)19-18(15)22(11-12-23(3)13-14-5-6-14)20(27-19)17(25)9-10-21(22,2)26/h7-8,14,20,24,26H,4-6,9-13H2,1-3H3. The molecule has 2 aliphatic carbocycles. The number of hydrogen-bond donors (Lipinski definition) is 2. The number of phenols is 1. The Morgan fingerprint density at radius 1 is 1.33 bits per heavy atom. The number of fused-ring (bicyclic) bond motifs is 3. The number of aromatic hydroxyl groups is 1. The number of nitrogens with zero attached hydrogens (tertiary/aromatic N) is 1. The van der Waals surface area contributed by atoms with E-state index in [1.807, 2.05) is 13.0 Å². The molecule has 0 amide bonds. The van der Waals surface area contributed by atoms with Gasteiger partial charge in [-0.25, -0.2) is 0 Å². The summed E-state index contributed by atoms with van der Waals surface area (Å²) in [5.41, 5.74) is 0.0344. The number of ether oxygens (including phenoxy) is 1. The van der Waals surface area contributed by atoms with E-state index in [4.69, 9.17) is 4.74 Å². The number of Topliss-reactive ketones (excluding diaryl/α,β-unsaturated/α-hetero) is 1. The molecule has 1 heterocycles. The first-order valence-electron chi connectivity index (χ1n) is 10.3. The Morgan fingerprint density at radius 3 is 2.74 bits per heavy atom. The zero-order valence-corrected chi connectivity index (χ0v) is 16.6. The molecular formula is C22H31NO4. The highest BCUT2D eigenvalue weighted by atomic mass is 16.5. The minimum Gasteiger partial charge on any atom is -0.504 e. The number of hydrogen-bond acceptors (Lipinski definition) is 5. The Morgan fingerprint density at radius 2 is 2.07 bits per heavy atom. The molecular weight excluding hydrogens is 342 g/mol. The normalized spacial score (nSPS) is 32.3. The van der Waals surface area contributed by atoms with Crippen LogP contribution in [0.3, 0.4) is 0 Å². The van der Waals surface area contributed by atoms with Crippen molar-refractivity contribution in [2.75, 3.05) is 20.1 Å². The van der Waals surface area contributed by atoms with Crippen LogP contribution in [0.15, 0.2) is 12.1 Å². The van der Waals surface area contributed by atoms with Gasteiger partial charge in [-0.15, -0.1) is 0 Å². The predicted octanol–water partition coefficient (Wildman–Crippen LogP) is 2.80. The van der Waals surface area contributed by atoms with Gasteiger partial charge in [0.05, 0.1) is 11.0 Å². The third-order valence-corrected chi connectivity index (χ3v) is 7.00. The number of carbonyl (C=O) groups excluding carboxylic acids is 1. The van der Waals surface area contributed by atoms with E-state index in [0.717, 1.165) is 36.6 Å². The first-order valence-corrected chi connectivity index (χ1v) is 10.3. The quantitative estimate of drug-likeness (QED) is 0.802. The molecule has 5 heteroatoms. The smallest absolute Gasteiger partial charge is 0.174 e. The van der Waals surface area contributed by atoms with Gasteiger partial charge in [-0.3, -0.25) is 4.79 Å². The number of ketones is 1. The molecule has 2 N–H and O–H groups in total. The van der Waals surface area contributed by atoms with Gasteiger partial charge in [0.15, 0.2) is 23.4 Å². The fraction of sp³-hybridized carbons (Fsp3) is 0.682. The Labute approximate surface area is 161 Å². The largest absolute Gasteiger partial charge is 0.504 e. The summed E-state index contributed by atoms with van der Waals surface area (Å²) in [6.07, 6.45) is 4.03. The number of aliphatic hydroxyl groups is 1. The topological polar surface area (TPSA) is 70.0 Å².